The molecule has 0 fully saturated rings. The lowest BCUT2D eigenvalue weighted by Crippen LogP contribution is -2.21. The quantitative estimate of drug-likeness (QED) is 0.477. The maximum absolute atomic E-state index is 8.81. The van der Waals surface area contributed by atoms with Crippen molar-refractivity contribution in [2.24, 2.45) is 10.3 Å². The smallest absolute Gasteiger partial charge is 0.198 e. The van der Waals surface area contributed by atoms with Gasteiger partial charge in [-0.15, -0.1) is 0 Å². The standard InChI is InChI=1S/2C6H15N.2H3NO2S/c2*1-4-7(5-2)6-3;2*1-4(2)3/h2*4-6H2,1-3H3;2*4H,(H2,1,2,3). The van der Waals surface area contributed by atoms with Gasteiger partial charge in [0.15, 0.2) is 21.8 Å². The maximum atomic E-state index is 8.81. The summed E-state index contributed by atoms with van der Waals surface area (Å²) in [4.78, 5) is 4.75. The second kappa shape index (κ2) is 25.7. The van der Waals surface area contributed by atoms with E-state index in [2.05, 4.69) is 61.6 Å². The van der Waals surface area contributed by atoms with E-state index in [9.17, 15) is 0 Å². The van der Waals surface area contributed by atoms with Crippen LogP contribution in [0.2, 0.25) is 0 Å². The number of thiol groups is 2. The van der Waals surface area contributed by atoms with Crippen LogP contribution in [0.5, 0.6) is 0 Å². The molecule has 0 aliphatic carbocycles. The number of nitrogens with zero attached hydrogens (tertiary/aromatic N) is 2. The minimum atomic E-state index is -2.62. The summed E-state index contributed by atoms with van der Waals surface area (Å²) in [7, 11) is -5.24. The molecule has 0 aromatic carbocycles. The van der Waals surface area contributed by atoms with Crippen molar-refractivity contribution in [3.05, 3.63) is 0 Å². The summed E-state index contributed by atoms with van der Waals surface area (Å²) in [6.07, 6.45) is 0. The molecule has 0 radical (unpaired) electrons. The van der Waals surface area contributed by atoms with Crippen molar-refractivity contribution >= 4 is 21.8 Å². The predicted molar refractivity (Wildman–Crippen MR) is 95.9 cm³/mol. The van der Waals surface area contributed by atoms with Crippen LogP contribution in [0.4, 0.5) is 0 Å². The molecule has 22 heavy (non-hydrogen) atoms. The van der Waals surface area contributed by atoms with Crippen LogP contribution in [0, 0.1) is 0 Å². The molecule has 140 valence electrons. The molecular weight excluding hydrogens is 328 g/mol. The Kier molecular flexibility index (Phi) is 34.7. The highest BCUT2D eigenvalue weighted by atomic mass is 32.2. The third-order valence-corrected chi connectivity index (χ3v) is 2.68. The van der Waals surface area contributed by atoms with Crippen LogP contribution in [0.15, 0.2) is 0 Å². The molecular formula is C12H36N4O4S2. The fraction of sp³-hybridized carbons (Fsp3) is 1.00. The van der Waals surface area contributed by atoms with Gasteiger partial charge < -0.3 is 9.80 Å². The Morgan fingerprint density at radius 3 is 0.636 bits per heavy atom. The molecule has 0 atom stereocenters. The molecule has 0 heterocycles. The molecule has 0 aliphatic rings. The lowest BCUT2D eigenvalue weighted by Gasteiger charge is -2.13. The summed E-state index contributed by atoms with van der Waals surface area (Å²) < 4.78 is 35.3. The van der Waals surface area contributed by atoms with Gasteiger partial charge in [0.05, 0.1) is 0 Å². The zero-order chi connectivity index (χ0) is 18.6. The highest BCUT2D eigenvalue weighted by Crippen LogP contribution is 1.82. The van der Waals surface area contributed by atoms with E-state index in [1.807, 2.05) is 0 Å². The van der Waals surface area contributed by atoms with E-state index in [4.69, 9.17) is 16.8 Å². The number of hydrogen-bond acceptors (Lipinski definition) is 6. The van der Waals surface area contributed by atoms with Crippen LogP contribution in [0.25, 0.3) is 0 Å². The van der Waals surface area contributed by atoms with Crippen molar-refractivity contribution in [3.8, 4) is 0 Å². The molecule has 8 nitrogen and oxygen atoms in total. The third kappa shape index (κ3) is 50.3. The van der Waals surface area contributed by atoms with Gasteiger partial charge in [0.25, 0.3) is 0 Å². The van der Waals surface area contributed by atoms with E-state index in [0.717, 1.165) is 0 Å². The fourth-order valence-electron chi connectivity index (χ4n) is 1.34. The van der Waals surface area contributed by atoms with E-state index in [0.29, 0.717) is 0 Å². The first-order chi connectivity index (χ1) is 10.2. The molecule has 0 unspecified atom stereocenters. The zero-order valence-electron chi connectivity index (χ0n) is 14.8. The Hall–Kier alpha value is -0.260. The average molecular weight is 365 g/mol. The van der Waals surface area contributed by atoms with Gasteiger partial charge in [0, 0.05) is 0 Å². The minimum Gasteiger partial charge on any atom is -0.304 e. The lowest BCUT2D eigenvalue weighted by molar-refractivity contribution is 0.321. The number of hydrogen-bond donors (Lipinski definition) is 4. The van der Waals surface area contributed by atoms with Gasteiger partial charge in [-0.25, -0.2) is 27.1 Å². The minimum absolute atomic E-state index is 1.19. The second-order valence-electron chi connectivity index (χ2n) is 3.81. The average Bonchev–Trinajstić information content (AvgIpc) is 2.42. The van der Waals surface area contributed by atoms with E-state index < -0.39 is 21.8 Å². The van der Waals surface area contributed by atoms with Gasteiger partial charge in [-0.1, -0.05) is 41.5 Å². The van der Waals surface area contributed by atoms with Crippen molar-refractivity contribution in [3.63, 3.8) is 0 Å². The highest BCUT2D eigenvalue weighted by molar-refractivity contribution is 7.70. The molecule has 0 rings (SSSR count). The monoisotopic (exact) mass is 364 g/mol. The predicted octanol–water partition coefficient (Wildman–Crippen LogP) is -0.361. The topological polar surface area (TPSA) is 127 Å². The van der Waals surface area contributed by atoms with Crippen LogP contribution in [-0.4, -0.2) is 65.9 Å². The van der Waals surface area contributed by atoms with Crippen molar-refractivity contribution in [2.45, 2.75) is 41.5 Å². The van der Waals surface area contributed by atoms with Crippen molar-refractivity contribution in [2.75, 3.05) is 39.3 Å². The first-order valence-electron chi connectivity index (χ1n) is 7.39. The first kappa shape index (κ1) is 29.7. The maximum Gasteiger partial charge on any atom is 0.198 e. The largest absolute Gasteiger partial charge is 0.304 e. The van der Waals surface area contributed by atoms with Gasteiger partial charge in [0.2, 0.25) is 0 Å². The van der Waals surface area contributed by atoms with Crippen molar-refractivity contribution < 1.29 is 16.8 Å². The Morgan fingerprint density at radius 2 is 0.636 bits per heavy atom. The summed E-state index contributed by atoms with van der Waals surface area (Å²) in [5.41, 5.74) is 0. The molecule has 0 saturated heterocycles. The fourth-order valence-corrected chi connectivity index (χ4v) is 1.34. The second-order valence-corrected chi connectivity index (χ2v) is 4.95. The lowest BCUT2D eigenvalue weighted by atomic mass is 10.5. The summed E-state index contributed by atoms with van der Waals surface area (Å²) >= 11 is 0. The van der Waals surface area contributed by atoms with Crippen LogP contribution >= 0.6 is 0 Å². The summed E-state index contributed by atoms with van der Waals surface area (Å²) in [5.74, 6) is 0. The Balaban J connectivity index is -0.000000102. The first-order valence-corrected chi connectivity index (χ1v) is 9.88. The molecule has 0 bridgehead atoms. The van der Waals surface area contributed by atoms with Gasteiger partial charge in [-0.3, -0.25) is 0 Å². The number of nitrogens with two attached hydrogens (primary N) is 2. The van der Waals surface area contributed by atoms with Crippen LogP contribution in [0.3, 0.4) is 0 Å². The SMILES string of the molecule is CCN(CC)CC.CCN(CC)CC.N[SH](=O)=O.N[SH](=O)=O. The number of rotatable bonds is 6. The molecule has 0 spiro atoms. The third-order valence-electron chi connectivity index (χ3n) is 2.68. The molecule has 0 aliphatic heterocycles. The summed E-state index contributed by atoms with van der Waals surface area (Å²) in [5, 5.41) is 8.13. The molecule has 0 aromatic heterocycles. The van der Waals surface area contributed by atoms with E-state index >= 15 is 0 Å². The van der Waals surface area contributed by atoms with E-state index in [1.165, 1.54) is 39.3 Å². The Bertz CT molecular complexity index is 270. The van der Waals surface area contributed by atoms with Crippen LogP contribution in [-0.2, 0) is 21.8 Å². The summed E-state index contributed by atoms with van der Waals surface area (Å²) in [6, 6.07) is 0. The van der Waals surface area contributed by atoms with Crippen molar-refractivity contribution in [1.82, 2.24) is 9.80 Å². The molecule has 0 aromatic rings. The van der Waals surface area contributed by atoms with Gasteiger partial charge in [0.1, 0.15) is 0 Å². The molecule has 4 N–H and O–H groups in total. The van der Waals surface area contributed by atoms with Gasteiger partial charge in [-0.2, -0.15) is 0 Å². The molecule has 10 heteroatoms. The van der Waals surface area contributed by atoms with Gasteiger partial charge >= 0.3 is 0 Å². The molecule has 0 saturated carbocycles. The zero-order valence-corrected chi connectivity index (χ0v) is 16.6. The van der Waals surface area contributed by atoms with E-state index in [1.54, 1.807) is 0 Å². The van der Waals surface area contributed by atoms with E-state index in [-0.39, 0.29) is 0 Å². The molecule has 0 amide bonds. The Morgan fingerprint density at radius 1 is 0.545 bits per heavy atom. The normalized spacial score (nSPS) is 9.64. The van der Waals surface area contributed by atoms with Crippen LogP contribution in [0.1, 0.15) is 41.5 Å². The Labute approximate surface area is 140 Å². The van der Waals surface area contributed by atoms with Crippen LogP contribution < -0.4 is 10.3 Å². The van der Waals surface area contributed by atoms with Gasteiger partial charge in [-0.05, 0) is 39.3 Å². The summed E-state index contributed by atoms with van der Waals surface area (Å²) in [6.45, 7) is 20.2. The van der Waals surface area contributed by atoms with Crippen molar-refractivity contribution in [1.29, 1.82) is 0 Å². The highest BCUT2D eigenvalue weighted by Gasteiger charge is 1.89.